The van der Waals surface area contributed by atoms with Crippen molar-refractivity contribution in [3.05, 3.63) is 0 Å². The van der Waals surface area contributed by atoms with Crippen molar-refractivity contribution >= 4 is 5.97 Å². The summed E-state index contributed by atoms with van der Waals surface area (Å²) in [5.74, 6) is -0.707. The Morgan fingerprint density at radius 2 is 1.61 bits per heavy atom. The molecule has 0 saturated carbocycles. The van der Waals surface area contributed by atoms with Crippen LogP contribution in [0.4, 0.5) is 0 Å². The van der Waals surface area contributed by atoms with Crippen LogP contribution in [0.1, 0.15) is 78.6 Å². The van der Waals surface area contributed by atoms with Gasteiger partial charge in [-0.25, -0.2) is 0 Å². The molecule has 0 aliphatic heterocycles. The molecular weight excluding hydrogens is 226 g/mol. The third-order valence-corrected chi connectivity index (χ3v) is 3.37. The highest BCUT2D eigenvalue weighted by atomic mass is 16.4. The van der Waals surface area contributed by atoms with E-state index in [2.05, 4.69) is 26.1 Å². The second kappa shape index (κ2) is 11.5. The van der Waals surface area contributed by atoms with E-state index >= 15 is 0 Å². The summed E-state index contributed by atoms with van der Waals surface area (Å²) in [4.78, 5) is 11.1. The molecule has 2 N–H and O–H groups in total. The fourth-order valence-corrected chi connectivity index (χ4v) is 2.17. The number of rotatable bonds is 12. The predicted octanol–water partition coefficient (Wildman–Crippen LogP) is 3.97. The number of hydrogen-bond acceptors (Lipinski definition) is 2. The van der Waals surface area contributed by atoms with Crippen LogP contribution < -0.4 is 5.32 Å². The van der Waals surface area contributed by atoms with Crippen LogP contribution >= 0.6 is 0 Å². The molecule has 108 valence electrons. The van der Waals surface area contributed by atoms with Gasteiger partial charge in [0.2, 0.25) is 0 Å². The number of unbranched alkanes of at least 4 members (excludes halogenated alkanes) is 5. The molecule has 0 aliphatic rings. The molecule has 0 aromatic heterocycles. The summed E-state index contributed by atoms with van der Waals surface area (Å²) in [7, 11) is 0. The maximum Gasteiger partial charge on any atom is 0.320 e. The Morgan fingerprint density at radius 1 is 1.00 bits per heavy atom. The average Bonchev–Trinajstić information content (AvgIpc) is 2.33. The highest BCUT2D eigenvalue weighted by Gasteiger charge is 2.18. The van der Waals surface area contributed by atoms with E-state index in [1.54, 1.807) is 0 Å². The second-order valence-corrected chi connectivity index (χ2v) is 5.30. The van der Waals surface area contributed by atoms with Gasteiger partial charge < -0.3 is 10.4 Å². The first-order valence-electron chi connectivity index (χ1n) is 7.60. The Bertz CT molecular complexity index is 207. The summed E-state index contributed by atoms with van der Waals surface area (Å²) in [6.07, 6.45) is 10.2. The number of carboxylic acids is 1. The lowest BCUT2D eigenvalue weighted by molar-refractivity contribution is -0.139. The molecule has 0 bridgehead atoms. The van der Waals surface area contributed by atoms with Crippen LogP contribution in [0.3, 0.4) is 0 Å². The third kappa shape index (κ3) is 9.46. The SMILES string of the molecule is CCCCCCCC(C)NC(CCCC)C(=O)O. The molecule has 0 aliphatic carbocycles. The Balaban J connectivity index is 3.73. The van der Waals surface area contributed by atoms with E-state index in [0.717, 1.165) is 25.7 Å². The fraction of sp³-hybridized carbons (Fsp3) is 0.933. The molecule has 3 heteroatoms. The molecule has 0 spiro atoms. The number of nitrogens with one attached hydrogen (secondary N) is 1. The minimum atomic E-state index is -0.707. The summed E-state index contributed by atoms with van der Waals surface area (Å²) in [5, 5.41) is 12.4. The van der Waals surface area contributed by atoms with Crippen molar-refractivity contribution < 1.29 is 9.90 Å². The van der Waals surface area contributed by atoms with Gasteiger partial charge in [0.25, 0.3) is 0 Å². The summed E-state index contributed by atoms with van der Waals surface area (Å²) in [6, 6.07) is -0.0554. The molecule has 0 radical (unpaired) electrons. The van der Waals surface area contributed by atoms with Crippen LogP contribution in [0.2, 0.25) is 0 Å². The van der Waals surface area contributed by atoms with Crippen LogP contribution in [0.5, 0.6) is 0 Å². The molecule has 2 atom stereocenters. The molecule has 2 unspecified atom stereocenters. The van der Waals surface area contributed by atoms with Gasteiger partial charge in [-0.05, 0) is 19.8 Å². The standard InChI is InChI=1S/C15H31NO2/c1-4-6-8-9-10-11-13(3)16-14(15(17)18)12-7-5-2/h13-14,16H,4-12H2,1-3H3,(H,17,18). The minimum Gasteiger partial charge on any atom is -0.480 e. The Labute approximate surface area is 112 Å². The van der Waals surface area contributed by atoms with Crippen LogP contribution in [0.15, 0.2) is 0 Å². The van der Waals surface area contributed by atoms with Crippen molar-refractivity contribution in [3.8, 4) is 0 Å². The van der Waals surface area contributed by atoms with Gasteiger partial charge in [-0.3, -0.25) is 4.79 Å². The fourth-order valence-electron chi connectivity index (χ4n) is 2.17. The summed E-state index contributed by atoms with van der Waals surface area (Å²) < 4.78 is 0. The molecule has 0 aromatic rings. The topological polar surface area (TPSA) is 49.3 Å². The Hall–Kier alpha value is -0.570. The van der Waals surface area contributed by atoms with Gasteiger partial charge >= 0.3 is 5.97 Å². The van der Waals surface area contributed by atoms with Crippen molar-refractivity contribution in [1.29, 1.82) is 0 Å². The zero-order valence-corrected chi connectivity index (χ0v) is 12.4. The first-order valence-corrected chi connectivity index (χ1v) is 7.60. The molecule has 0 saturated heterocycles. The summed E-state index contributed by atoms with van der Waals surface area (Å²) in [6.45, 7) is 6.41. The van der Waals surface area contributed by atoms with Crippen LogP contribution in [-0.4, -0.2) is 23.2 Å². The van der Waals surface area contributed by atoms with Crippen molar-refractivity contribution in [2.45, 2.75) is 90.6 Å². The van der Waals surface area contributed by atoms with E-state index in [1.807, 2.05) is 0 Å². The van der Waals surface area contributed by atoms with Gasteiger partial charge in [-0.1, -0.05) is 58.8 Å². The molecule has 0 fully saturated rings. The average molecular weight is 257 g/mol. The smallest absolute Gasteiger partial charge is 0.320 e. The van der Waals surface area contributed by atoms with E-state index < -0.39 is 5.97 Å². The van der Waals surface area contributed by atoms with Crippen LogP contribution in [-0.2, 0) is 4.79 Å². The number of aliphatic carboxylic acids is 1. The lowest BCUT2D eigenvalue weighted by Gasteiger charge is -2.20. The van der Waals surface area contributed by atoms with Crippen molar-refractivity contribution in [1.82, 2.24) is 5.32 Å². The molecule has 0 amide bonds. The Kier molecular flexibility index (Phi) is 11.2. The largest absolute Gasteiger partial charge is 0.480 e. The number of carbonyl (C=O) groups is 1. The Morgan fingerprint density at radius 3 is 2.17 bits per heavy atom. The van der Waals surface area contributed by atoms with E-state index in [9.17, 15) is 4.79 Å². The van der Waals surface area contributed by atoms with Crippen LogP contribution in [0.25, 0.3) is 0 Å². The van der Waals surface area contributed by atoms with Gasteiger partial charge in [-0.15, -0.1) is 0 Å². The van der Waals surface area contributed by atoms with Gasteiger partial charge in [0.1, 0.15) is 6.04 Å². The van der Waals surface area contributed by atoms with E-state index in [0.29, 0.717) is 6.04 Å². The molecule has 0 aromatic carbocycles. The van der Waals surface area contributed by atoms with Crippen LogP contribution in [0, 0.1) is 0 Å². The van der Waals surface area contributed by atoms with E-state index in [4.69, 9.17) is 5.11 Å². The molecule has 18 heavy (non-hydrogen) atoms. The van der Waals surface area contributed by atoms with Gasteiger partial charge in [0, 0.05) is 6.04 Å². The molecule has 0 heterocycles. The lowest BCUT2D eigenvalue weighted by Crippen LogP contribution is -2.42. The summed E-state index contributed by atoms with van der Waals surface area (Å²) in [5.41, 5.74) is 0. The van der Waals surface area contributed by atoms with Crippen molar-refractivity contribution in [2.24, 2.45) is 0 Å². The van der Waals surface area contributed by atoms with E-state index in [1.165, 1.54) is 32.1 Å². The third-order valence-electron chi connectivity index (χ3n) is 3.37. The van der Waals surface area contributed by atoms with Gasteiger partial charge in [0.05, 0.1) is 0 Å². The first-order chi connectivity index (χ1) is 8.61. The zero-order chi connectivity index (χ0) is 13.8. The maximum atomic E-state index is 11.1. The monoisotopic (exact) mass is 257 g/mol. The molecular formula is C15H31NO2. The van der Waals surface area contributed by atoms with E-state index in [-0.39, 0.29) is 6.04 Å². The highest BCUT2D eigenvalue weighted by Crippen LogP contribution is 2.09. The normalized spacial score (nSPS) is 14.4. The second-order valence-electron chi connectivity index (χ2n) is 5.30. The van der Waals surface area contributed by atoms with Gasteiger partial charge in [-0.2, -0.15) is 0 Å². The zero-order valence-electron chi connectivity index (χ0n) is 12.4. The van der Waals surface area contributed by atoms with Gasteiger partial charge in [0.15, 0.2) is 0 Å². The van der Waals surface area contributed by atoms with Crippen molar-refractivity contribution in [2.75, 3.05) is 0 Å². The summed E-state index contributed by atoms with van der Waals surface area (Å²) >= 11 is 0. The molecule has 3 nitrogen and oxygen atoms in total. The predicted molar refractivity (Wildman–Crippen MR) is 76.9 cm³/mol. The van der Waals surface area contributed by atoms with Crippen molar-refractivity contribution in [3.63, 3.8) is 0 Å². The molecule has 0 rings (SSSR count). The number of carboxylic acid groups (broad SMARTS) is 1. The highest BCUT2D eigenvalue weighted by molar-refractivity contribution is 5.73. The quantitative estimate of drug-likeness (QED) is 0.520. The first kappa shape index (κ1) is 17.4. The lowest BCUT2D eigenvalue weighted by atomic mass is 10.0. The maximum absolute atomic E-state index is 11.1. The minimum absolute atomic E-state index is 0.310. The number of hydrogen-bond donors (Lipinski definition) is 2.